The van der Waals surface area contributed by atoms with Gasteiger partial charge in [0.05, 0.1) is 0 Å². The fourth-order valence-corrected chi connectivity index (χ4v) is 7.23. The fourth-order valence-electron chi connectivity index (χ4n) is 7.23. The van der Waals surface area contributed by atoms with E-state index in [0.717, 1.165) is 89.9 Å². The van der Waals surface area contributed by atoms with Gasteiger partial charge in [0.2, 0.25) is 0 Å². The van der Waals surface area contributed by atoms with Crippen LogP contribution in [0.25, 0.3) is 0 Å². The third-order valence-corrected chi connectivity index (χ3v) is 11.1. The van der Waals surface area contributed by atoms with Gasteiger partial charge in [0.25, 0.3) is 0 Å². The lowest BCUT2D eigenvalue weighted by Crippen LogP contribution is -2.30. The zero-order chi connectivity index (χ0) is 43.0. The number of allylic oxidation sites excluding steroid dienone is 6. The second-order valence-corrected chi connectivity index (χ2v) is 17.1. The molecule has 0 saturated carbocycles. The van der Waals surface area contributed by atoms with E-state index in [1.165, 1.54) is 135 Å². The summed E-state index contributed by atoms with van der Waals surface area (Å²) in [6.07, 6.45) is 55.5. The lowest BCUT2D eigenvalue weighted by atomic mass is 10.0. The minimum absolute atomic E-state index is 0.0774. The lowest BCUT2D eigenvalue weighted by molar-refractivity contribution is -0.167. The molecular formula is C53H96O6. The first-order valence-electron chi connectivity index (χ1n) is 25.5. The molecule has 0 radical (unpaired) electrons. The molecule has 0 aromatic carbocycles. The van der Waals surface area contributed by atoms with Crippen molar-refractivity contribution in [3.8, 4) is 0 Å². The molecule has 0 amide bonds. The van der Waals surface area contributed by atoms with E-state index in [9.17, 15) is 14.4 Å². The van der Waals surface area contributed by atoms with Crippen molar-refractivity contribution in [2.75, 3.05) is 13.2 Å². The van der Waals surface area contributed by atoms with Crippen molar-refractivity contribution in [1.29, 1.82) is 0 Å². The third kappa shape index (κ3) is 46.5. The first-order valence-corrected chi connectivity index (χ1v) is 25.5. The topological polar surface area (TPSA) is 78.9 Å². The molecule has 0 rings (SSSR count). The molecule has 1 unspecified atom stereocenters. The highest BCUT2D eigenvalue weighted by molar-refractivity contribution is 5.71. The summed E-state index contributed by atoms with van der Waals surface area (Å²) in [7, 11) is 0. The number of hydrogen-bond donors (Lipinski definition) is 0. The number of unbranched alkanes of at least 4 members (excludes halogenated alkanes) is 29. The van der Waals surface area contributed by atoms with Crippen LogP contribution in [-0.2, 0) is 28.6 Å². The van der Waals surface area contributed by atoms with Crippen LogP contribution in [0.4, 0.5) is 0 Å². The standard InChI is InChI=1S/C53H96O6/c1-4-7-10-13-16-19-22-25-26-27-29-31-34-37-40-43-46-52(55)58-49-50(48-57-51(54)45-42-39-36-33-30-24-21-18-15-12-9-6-3)59-53(56)47-44-41-38-35-32-28-23-20-17-14-11-8-5-2/h19-20,22-23,26-27,50H,4-18,21,24-25,28-49H2,1-3H3/b22-19-,23-20-,27-26-. The van der Waals surface area contributed by atoms with E-state index < -0.39 is 6.10 Å². The predicted octanol–water partition coefficient (Wildman–Crippen LogP) is 16.5. The van der Waals surface area contributed by atoms with Crippen LogP contribution < -0.4 is 0 Å². The van der Waals surface area contributed by atoms with Gasteiger partial charge >= 0.3 is 17.9 Å². The van der Waals surface area contributed by atoms with Gasteiger partial charge in [-0.15, -0.1) is 0 Å². The van der Waals surface area contributed by atoms with Gasteiger partial charge in [-0.3, -0.25) is 14.4 Å². The molecule has 0 bridgehead atoms. The number of rotatable bonds is 46. The number of carbonyl (C=O) groups is 3. The Morgan fingerprint density at radius 1 is 0.339 bits per heavy atom. The zero-order valence-corrected chi connectivity index (χ0v) is 39.3. The number of carbonyl (C=O) groups excluding carboxylic acids is 3. The third-order valence-electron chi connectivity index (χ3n) is 11.1. The quantitative estimate of drug-likeness (QED) is 0.0263. The Kier molecular flexibility index (Phi) is 46.4. The molecule has 0 spiro atoms. The molecule has 0 aromatic heterocycles. The molecule has 0 aromatic rings. The Balaban J connectivity index is 4.38. The van der Waals surface area contributed by atoms with Crippen molar-refractivity contribution in [2.24, 2.45) is 0 Å². The first-order chi connectivity index (χ1) is 29.0. The maximum Gasteiger partial charge on any atom is 0.306 e. The Morgan fingerprint density at radius 2 is 0.610 bits per heavy atom. The Hall–Kier alpha value is -2.37. The van der Waals surface area contributed by atoms with Gasteiger partial charge in [-0.25, -0.2) is 0 Å². The monoisotopic (exact) mass is 829 g/mol. The molecule has 1 atom stereocenters. The highest BCUT2D eigenvalue weighted by Crippen LogP contribution is 2.15. The van der Waals surface area contributed by atoms with Crippen LogP contribution in [0, 0.1) is 0 Å². The summed E-state index contributed by atoms with van der Waals surface area (Å²) in [5.41, 5.74) is 0. The summed E-state index contributed by atoms with van der Waals surface area (Å²) in [5.74, 6) is -0.893. The minimum Gasteiger partial charge on any atom is -0.462 e. The predicted molar refractivity (Wildman–Crippen MR) is 252 cm³/mol. The molecule has 0 saturated heterocycles. The molecular weight excluding hydrogens is 733 g/mol. The van der Waals surface area contributed by atoms with Gasteiger partial charge in [-0.1, -0.05) is 205 Å². The molecule has 0 heterocycles. The van der Waals surface area contributed by atoms with Crippen LogP contribution in [-0.4, -0.2) is 37.2 Å². The van der Waals surface area contributed by atoms with E-state index in [0.29, 0.717) is 19.3 Å². The van der Waals surface area contributed by atoms with Crippen LogP contribution in [0.1, 0.15) is 265 Å². The normalized spacial score (nSPS) is 12.3. The van der Waals surface area contributed by atoms with E-state index in [1.807, 2.05) is 0 Å². The Morgan fingerprint density at radius 3 is 0.966 bits per heavy atom. The Labute approximate surface area is 365 Å². The average Bonchev–Trinajstić information content (AvgIpc) is 3.23. The average molecular weight is 829 g/mol. The molecule has 0 aliphatic carbocycles. The number of esters is 3. The van der Waals surface area contributed by atoms with Gasteiger partial charge in [0, 0.05) is 19.3 Å². The van der Waals surface area contributed by atoms with Crippen molar-refractivity contribution >= 4 is 17.9 Å². The van der Waals surface area contributed by atoms with E-state index >= 15 is 0 Å². The summed E-state index contributed by atoms with van der Waals surface area (Å²) < 4.78 is 16.8. The number of hydrogen-bond acceptors (Lipinski definition) is 6. The highest BCUT2D eigenvalue weighted by atomic mass is 16.6. The summed E-state index contributed by atoms with van der Waals surface area (Å²) in [6, 6.07) is 0. The molecule has 0 aliphatic heterocycles. The molecule has 6 nitrogen and oxygen atoms in total. The smallest absolute Gasteiger partial charge is 0.306 e. The van der Waals surface area contributed by atoms with Gasteiger partial charge in [0.1, 0.15) is 13.2 Å². The van der Waals surface area contributed by atoms with Gasteiger partial charge in [-0.2, -0.15) is 0 Å². The molecule has 0 aliphatic rings. The summed E-state index contributed by atoms with van der Waals surface area (Å²) in [4.78, 5) is 37.9. The largest absolute Gasteiger partial charge is 0.462 e. The summed E-state index contributed by atoms with van der Waals surface area (Å²) >= 11 is 0. The van der Waals surface area contributed by atoms with E-state index in [2.05, 4.69) is 57.2 Å². The van der Waals surface area contributed by atoms with Gasteiger partial charge < -0.3 is 14.2 Å². The van der Waals surface area contributed by atoms with Crippen molar-refractivity contribution < 1.29 is 28.6 Å². The second-order valence-electron chi connectivity index (χ2n) is 17.1. The van der Waals surface area contributed by atoms with Crippen LogP contribution in [0.2, 0.25) is 0 Å². The minimum atomic E-state index is -0.777. The highest BCUT2D eigenvalue weighted by Gasteiger charge is 2.19. The van der Waals surface area contributed by atoms with Crippen molar-refractivity contribution in [3.05, 3.63) is 36.5 Å². The summed E-state index contributed by atoms with van der Waals surface area (Å²) in [6.45, 7) is 6.60. The lowest BCUT2D eigenvalue weighted by Gasteiger charge is -2.18. The zero-order valence-electron chi connectivity index (χ0n) is 39.3. The maximum absolute atomic E-state index is 12.8. The number of ether oxygens (including phenoxy) is 3. The van der Waals surface area contributed by atoms with Crippen LogP contribution >= 0.6 is 0 Å². The molecule has 59 heavy (non-hydrogen) atoms. The van der Waals surface area contributed by atoms with Crippen LogP contribution in [0.15, 0.2) is 36.5 Å². The molecule has 0 N–H and O–H groups in total. The summed E-state index contributed by atoms with van der Waals surface area (Å²) in [5, 5.41) is 0. The van der Waals surface area contributed by atoms with Crippen molar-refractivity contribution in [3.63, 3.8) is 0 Å². The van der Waals surface area contributed by atoms with Crippen molar-refractivity contribution in [1.82, 2.24) is 0 Å². The maximum atomic E-state index is 12.8. The Bertz CT molecular complexity index is 1000. The van der Waals surface area contributed by atoms with Crippen LogP contribution in [0.5, 0.6) is 0 Å². The molecule has 0 fully saturated rings. The van der Waals surface area contributed by atoms with E-state index in [1.54, 1.807) is 0 Å². The fraction of sp³-hybridized carbons (Fsp3) is 0.830. The van der Waals surface area contributed by atoms with Gasteiger partial charge in [-0.05, 0) is 77.0 Å². The SMILES string of the molecule is CCCCCC/C=C\C/C=C\CCCCCCCC(=O)OCC(COC(=O)CCCCCCCCCCCCCC)OC(=O)CCCCCCC/C=C\CCCCCC. The van der Waals surface area contributed by atoms with Gasteiger partial charge in [0.15, 0.2) is 6.10 Å². The van der Waals surface area contributed by atoms with E-state index in [-0.39, 0.29) is 31.1 Å². The second kappa shape index (κ2) is 48.3. The first kappa shape index (κ1) is 56.6. The molecule has 344 valence electrons. The van der Waals surface area contributed by atoms with E-state index in [4.69, 9.17) is 14.2 Å². The molecule has 6 heteroatoms. The van der Waals surface area contributed by atoms with Crippen LogP contribution in [0.3, 0.4) is 0 Å². The van der Waals surface area contributed by atoms with Crippen molar-refractivity contribution in [2.45, 2.75) is 271 Å².